The lowest BCUT2D eigenvalue weighted by Gasteiger charge is -2.12. The maximum Gasteiger partial charge on any atom is 0.416 e. The summed E-state index contributed by atoms with van der Waals surface area (Å²) in [6, 6.07) is 22.3. The van der Waals surface area contributed by atoms with Crippen molar-refractivity contribution in [3.05, 3.63) is 96.3 Å². The Hall–Kier alpha value is -5.13. The molecule has 3 aromatic carbocycles. The number of aryl methyl sites for hydroxylation is 1. The number of para-hydroxylation sites is 3. The third-order valence-corrected chi connectivity index (χ3v) is 6.52. The van der Waals surface area contributed by atoms with E-state index >= 15 is 0 Å². The Kier molecular flexibility index (Phi) is 6.88. The zero-order chi connectivity index (χ0) is 28.4. The van der Waals surface area contributed by atoms with Crippen LogP contribution in [-0.2, 0) is 19.8 Å². The molecule has 41 heavy (non-hydrogen) atoms. The maximum absolute atomic E-state index is 13.0. The fourth-order valence-corrected chi connectivity index (χ4v) is 4.45. The Morgan fingerprint density at radius 1 is 0.878 bits per heavy atom. The second kappa shape index (κ2) is 10.8. The molecule has 0 aliphatic carbocycles. The summed E-state index contributed by atoms with van der Waals surface area (Å²) < 4.78 is 48.6. The minimum Gasteiger partial charge on any atom is -0.492 e. The van der Waals surface area contributed by atoms with Gasteiger partial charge in [-0.05, 0) is 42.0 Å². The van der Waals surface area contributed by atoms with Gasteiger partial charge in [-0.25, -0.2) is 9.97 Å². The van der Waals surface area contributed by atoms with E-state index in [0.717, 1.165) is 28.9 Å². The first-order valence-corrected chi connectivity index (χ1v) is 12.8. The molecule has 0 amide bonds. The predicted molar refractivity (Wildman–Crippen MR) is 150 cm³/mol. The second-order valence-electron chi connectivity index (χ2n) is 9.33. The van der Waals surface area contributed by atoms with Gasteiger partial charge in [0.2, 0.25) is 11.9 Å². The zero-order valence-corrected chi connectivity index (χ0v) is 21.9. The third-order valence-electron chi connectivity index (χ3n) is 6.52. The zero-order valence-electron chi connectivity index (χ0n) is 21.9. The van der Waals surface area contributed by atoms with E-state index in [1.165, 1.54) is 12.1 Å². The van der Waals surface area contributed by atoms with Crippen LogP contribution >= 0.6 is 0 Å². The number of benzene rings is 3. The summed E-state index contributed by atoms with van der Waals surface area (Å²) in [6.45, 7) is 1.10. The molecule has 0 atom stereocenters. The molecule has 0 bridgehead atoms. The second-order valence-corrected chi connectivity index (χ2v) is 9.33. The molecule has 0 saturated carbocycles. The predicted octanol–water partition coefficient (Wildman–Crippen LogP) is 6.01. The van der Waals surface area contributed by atoms with E-state index in [-0.39, 0.29) is 12.5 Å². The van der Waals surface area contributed by atoms with Crippen LogP contribution in [0.25, 0.3) is 22.2 Å². The van der Waals surface area contributed by atoms with Crippen LogP contribution in [-0.4, -0.2) is 42.2 Å². The van der Waals surface area contributed by atoms with E-state index in [1.54, 1.807) is 10.9 Å². The van der Waals surface area contributed by atoms with E-state index in [1.807, 2.05) is 66.2 Å². The van der Waals surface area contributed by atoms with Crippen LogP contribution in [0.15, 0.2) is 85.2 Å². The molecule has 3 heterocycles. The van der Waals surface area contributed by atoms with E-state index < -0.39 is 11.7 Å². The van der Waals surface area contributed by atoms with E-state index in [2.05, 4.69) is 25.6 Å². The third kappa shape index (κ3) is 5.62. The van der Waals surface area contributed by atoms with Gasteiger partial charge >= 0.3 is 6.18 Å². The minimum atomic E-state index is -4.39. The number of aromatic nitrogens is 6. The van der Waals surface area contributed by atoms with Crippen molar-refractivity contribution in [1.29, 1.82) is 0 Å². The fraction of sp³-hybridized carbons (Fsp3) is 0.172. The number of halogens is 3. The monoisotopic (exact) mass is 558 g/mol. The molecule has 0 radical (unpaired) electrons. The van der Waals surface area contributed by atoms with Crippen LogP contribution in [0.5, 0.6) is 5.75 Å². The first-order chi connectivity index (χ1) is 19.8. The number of hydrogen-bond acceptors (Lipinski definition) is 7. The van der Waals surface area contributed by atoms with Crippen LogP contribution in [0.3, 0.4) is 0 Å². The van der Waals surface area contributed by atoms with Gasteiger partial charge in [0.15, 0.2) is 17.0 Å². The van der Waals surface area contributed by atoms with Crippen molar-refractivity contribution >= 4 is 39.9 Å². The number of nitrogens with zero attached hydrogens (tertiary/aromatic N) is 6. The lowest BCUT2D eigenvalue weighted by molar-refractivity contribution is -0.137. The molecule has 9 nitrogen and oxygen atoms in total. The maximum atomic E-state index is 13.0. The van der Waals surface area contributed by atoms with Gasteiger partial charge in [0.1, 0.15) is 12.4 Å². The van der Waals surface area contributed by atoms with Crippen LogP contribution in [0, 0.1) is 0 Å². The normalized spacial score (nSPS) is 11.7. The average Bonchev–Trinajstić information content (AvgIpc) is 3.52. The molecule has 12 heteroatoms. The molecule has 6 aromatic rings. The fourth-order valence-electron chi connectivity index (χ4n) is 4.45. The van der Waals surface area contributed by atoms with Crippen molar-refractivity contribution in [2.45, 2.75) is 12.7 Å². The van der Waals surface area contributed by atoms with Crippen LogP contribution in [0.2, 0.25) is 0 Å². The summed E-state index contributed by atoms with van der Waals surface area (Å²) in [6.07, 6.45) is -2.80. The highest BCUT2D eigenvalue weighted by Crippen LogP contribution is 2.30. The molecule has 0 aliphatic rings. The van der Waals surface area contributed by atoms with Gasteiger partial charge in [-0.15, -0.1) is 0 Å². The summed E-state index contributed by atoms with van der Waals surface area (Å²) >= 11 is 0. The summed E-state index contributed by atoms with van der Waals surface area (Å²) in [5, 5.41) is 6.49. The van der Waals surface area contributed by atoms with E-state index in [0.29, 0.717) is 41.6 Å². The Bertz CT molecular complexity index is 1800. The Morgan fingerprint density at radius 3 is 2.39 bits per heavy atom. The number of imidazole rings is 2. The average molecular weight is 559 g/mol. The first-order valence-electron chi connectivity index (χ1n) is 12.8. The van der Waals surface area contributed by atoms with E-state index in [9.17, 15) is 13.2 Å². The highest BCUT2D eigenvalue weighted by Gasteiger charge is 2.30. The lowest BCUT2D eigenvalue weighted by Crippen LogP contribution is -2.14. The number of alkyl halides is 3. The Labute approximate surface area is 232 Å². The van der Waals surface area contributed by atoms with Crippen LogP contribution < -0.4 is 15.4 Å². The molecule has 2 N–H and O–H groups in total. The summed E-state index contributed by atoms with van der Waals surface area (Å²) in [4.78, 5) is 18.5. The molecule has 208 valence electrons. The molecule has 0 aliphatic heterocycles. The highest BCUT2D eigenvalue weighted by molar-refractivity contribution is 5.85. The number of ether oxygens (including phenoxy) is 1. The lowest BCUT2D eigenvalue weighted by atomic mass is 10.1. The molecule has 0 saturated heterocycles. The molecular weight excluding hydrogens is 533 g/mol. The van der Waals surface area contributed by atoms with Crippen molar-refractivity contribution in [2.75, 3.05) is 23.8 Å². The van der Waals surface area contributed by atoms with Crippen molar-refractivity contribution in [1.82, 2.24) is 29.1 Å². The van der Waals surface area contributed by atoms with Gasteiger partial charge in [0, 0.05) is 7.05 Å². The smallest absolute Gasteiger partial charge is 0.416 e. The van der Waals surface area contributed by atoms with Gasteiger partial charge in [-0.3, -0.25) is 5.32 Å². The highest BCUT2D eigenvalue weighted by atomic mass is 19.4. The number of hydrogen-bond donors (Lipinski definition) is 2. The van der Waals surface area contributed by atoms with Gasteiger partial charge < -0.3 is 19.2 Å². The Morgan fingerprint density at radius 2 is 1.63 bits per heavy atom. The Balaban J connectivity index is 1.30. The SMILES string of the molecule is Cn1c(Nc2nc(NCCOc3ccccc3)c3ncn(Cc4ccc(C(F)(F)F)cc4)c3n2)nc2ccccc21. The van der Waals surface area contributed by atoms with Crippen molar-refractivity contribution in [3.8, 4) is 5.75 Å². The quantitative estimate of drug-likeness (QED) is 0.210. The largest absolute Gasteiger partial charge is 0.492 e. The van der Waals surface area contributed by atoms with E-state index in [4.69, 9.17) is 9.72 Å². The number of rotatable bonds is 9. The molecule has 6 rings (SSSR count). The van der Waals surface area contributed by atoms with Gasteiger partial charge in [0.05, 0.1) is 36.0 Å². The summed E-state index contributed by atoms with van der Waals surface area (Å²) in [7, 11) is 1.89. The van der Waals surface area contributed by atoms with Gasteiger partial charge in [0.25, 0.3) is 0 Å². The summed E-state index contributed by atoms with van der Waals surface area (Å²) in [5.74, 6) is 2.08. The molecule has 0 spiro atoms. The molecular formula is C29H25F3N8O. The number of anilines is 3. The minimum absolute atomic E-state index is 0.272. The number of fused-ring (bicyclic) bond motifs is 2. The van der Waals surface area contributed by atoms with Crippen LogP contribution in [0.4, 0.5) is 30.9 Å². The van der Waals surface area contributed by atoms with Gasteiger partial charge in [-0.1, -0.05) is 42.5 Å². The molecule has 3 aromatic heterocycles. The molecule has 0 fully saturated rings. The van der Waals surface area contributed by atoms with Crippen molar-refractivity contribution in [3.63, 3.8) is 0 Å². The number of nitrogens with one attached hydrogen (secondary N) is 2. The first kappa shape index (κ1) is 26.1. The summed E-state index contributed by atoms with van der Waals surface area (Å²) in [5.41, 5.74) is 2.77. The standard InChI is InChI=1S/C29H25F3N8O/c1-39-23-10-6-5-9-22(23)35-28(39)38-27-36-25(33-15-16-41-21-7-3-2-4-8-21)24-26(37-27)40(18-34-24)17-19-11-13-20(14-12-19)29(30,31)32/h2-14,18H,15-17H2,1H3,(H2,33,35,36,37,38). The van der Waals surface area contributed by atoms with Crippen molar-refractivity contribution in [2.24, 2.45) is 7.05 Å². The van der Waals surface area contributed by atoms with Crippen molar-refractivity contribution < 1.29 is 17.9 Å². The van der Waals surface area contributed by atoms with Gasteiger partial charge in [-0.2, -0.15) is 23.1 Å². The topological polar surface area (TPSA) is 94.7 Å². The van der Waals surface area contributed by atoms with Crippen LogP contribution in [0.1, 0.15) is 11.1 Å². The molecule has 0 unspecified atom stereocenters.